The molecular weight excluding hydrogens is 318 g/mol. The van der Waals surface area contributed by atoms with Gasteiger partial charge in [-0.05, 0) is 12.1 Å². The highest BCUT2D eigenvalue weighted by Crippen LogP contribution is 2.31. The molecule has 1 aliphatic rings. The van der Waals surface area contributed by atoms with Gasteiger partial charge in [-0.2, -0.15) is 10.1 Å². The van der Waals surface area contributed by atoms with Crippen LogP contribution in [0.25, 0.3) is 0 Å². The second-order valence-corrected chi connectivity index (χ2v) is 5.39. The lowest BCUT2D eigenvalue weighted by atomic mass is 10.0. The van der Waals surface area contributed by atoms with E-state index in [2.05, 4.69) is 5.10 Å². The van der Waals surface area contributed by atoms with Crippen LogP contribution in [0.5, 0.6) is 0 Å². The van der Waals surface area contributed by atoms with Crippen molar-refractivity contribution in [3.05, 3.63) is 69.2 Å². The Morgan fingerprint density at radius 3 is 2.52 bits per heavy atom. The zero-order valence-corrected chi connectivity index (χ0v) is 12.7. The quantitative estimate of drug-likeness (QED) is 0.635. The predicted molar refractivity (Wildman–Crippen MR) is 87.8 cm³/mol. The van der Waals surface area contributed by atoms with Gasteiger partial charge < -0.3 is 0 Å². The van der Waals surface area contributed by atoms with Gasteiger partial charge in [-0.3, -0.25) is 14.9 Å². The highest BCUT2D eigenvalue weighted by molar-refractivity contribution is 6.34. The molecule has 2 aromatic rings. The van der Waals surface area contributed by atoms with Crippen molar-refractivity contribution in [2.24, 2.45) is 5.10 Å². The van der Waals surface area contributed by atoms with Gasteiger partial charge in [-0.25, -0.2) is 0 Å². The van der Waals surface area contributed by atoms with E-state index in [4.69, 9.17) is 11.6 Å². The Morgan fingerprint density at radius 1 is 1.09 bits per heavy atom. The van der Waals surface area contributed by atoms with Gasteiger partial charge in [0.05, 0.1) is 10.6 Å². The molecule has 0 saturated carbocycles. The van der Waals surface area contributed by atoms with Gasteiger partial charge >= 0.3 is 0 Å². The lowest BCUT2D eigenvalue weighted by Crippen LogP contribution is -2.32. The number of nitro benzene ring substituents is 1. The molecule has 0 atom stereocenters. The maximum absolute atomic E-state index is 12.2. The normalized spacial score (nSPS) is 14.6. The average Bonchev–Trinajstić information content (AvgIpc) is 2.56. The van der Waals surface area contributed by atoms with Crippen molar-refractivity contribution in [1.82, 2.24) is 0 Å². The van der Waals surface area contributed by atoms with Crippen LogP contribution < -0.4 is 5.01 Å². The smallest absolute Gasteiger partial charge is 0.273 e. The molecule has 0 spiro atoms. The Labute approximate surface area is 137 Å². The molecule has 0 saturated heterocycles. The van der Waals surface area contributed by atoms with E-state index < -0.39 is 4.92 Å². The Kier molecular flexibility index (Phi) is 4.08. The number of rotatable bonds is 3. The number of hydrazone groups is 1. The molecule has 0 N–H and O–H groups in total. The first kappa shape index (κ1) is 15.2. The summed E-state index contributed by atoms with van der Waals surface area (Å²) < 4.78 is 0. The summed E-state index contributed by atoms with van der Waals surface area (Å²) in [5.41, 5.74) is 1.36. The van der Waals surface area contributed by atoms with Crippen molar-refractivity contribution in [2.45, 2.75) is 12.8 Å². The Hall–Kier alpha value is -2.73. The molecule has 116 valence electrons. The summed E-state index contributed by atoms with van der Waals surface area (Å²) in [5, 5.41) is 17.1. The maximum Gasteiger partial charge on any atom is 0.295 e. The third kappa shape index (κ3) is 2.93. The van der Waals surface area contributed by atoms with Crippen LogP contribution in [-0.4, -0.2) is 16.5 Å². The van der Waals surface area contributed by atoms with Crippen molar-refractivity contribution >= 4 is 34.6 Å². The third-order valence-corrected chi connectivity index (χ3v) is 3.85. The van der Waals surface area contributed by atoms with Crippen LogP contribution in [-0.2, 0) is 4.79 Å². The molecule has 7 heteroatoms. The number of amides is 1. The highest BCUT2D eigenvalue weighted by atomic mass is 35.5. The monoisotopic (exact) mass is 329 g/mol. The van der Waals surface area contributed by atoms with Gasteiger partial charge in [0.2, 0.25) is 5.91 Å². The minimum Gasteiger partial charge on any atom is -0.273 e. The van der Waals surface area contributed by atoms with Crippen LogP contribution in [0, 0.1) is 10.1 Å². The van der Waals surface area contributed by atoms with Crippen LogP contribution in [0.15, 0.2) is 53.6 Å². The molecule has 3 rings (SSSR count). The van der Waals surface area contributed by atoms with E-state index in [1.165, 1.54) is 12.1 Å². The standard InChI is InChI=1S/C16H12ClN3O3/c17-12-6-2-1-5-11(12)13-9-10-16(21)19(18-13)14-7-3-4-8-15(14)20(22)23/h1-8H,9-10H2. The highest BCUT2D eigenvalue weighted by Gasteiger charge is 2.28. The van der Waals surface area contributed by atoms with Gasteiger partial charge in [-0.15, -0.1) is 0 Å². The van der Waals surface area contributed by atoms with E-state index >= 15 is 0 Å². The fourth-order valence-corrected chi connectivity index (χ4v) is 2.67. The number of carbonyl (C=O) groups is 1. The van der Waals surface area contributed by atoms with Crippen molar-refractivity contribution in [1.29, 1.82) is 0 Å². The molecule has 0 fully saturated rings. The summed E-state index contributed by atoms with van der Waals surface area (Å²) in [4.78, 5) is 22.8. The Morgan fingerprint density at radius 2 is 1.78 bits per heavy atom. The van der Waals surface area contributed by atoms with Gasteiger partial charge in [0, 0.05) is 29.5 Å². The lowest BCUT2D eigenvalue weighted by Gasteiger charge is -2.23. The van der Waals surface area contributed by atoms with E-state index in [-0.39, 0.29) is 23.7 Å². The summed E-state index contributed by atoms with van der Waals surface area (Å²) in [6.07, 6.45) is 0.663. The number of carbonyl (C=O) groups excluding carboxylic acids is 1. The van der Waals surface area contributed by atoms with Crippen LogP contribution in [0.1, 0.15) is 18.4 Å². The summed E-state index contributed by atoms with van der Waals surface area (Å²) >= 11 is 6.18. The zero-order chi connectivity index (χ0) is 16.4. The van der Waals surface area contributed by atoms with Crippen LogP contribution in [0.3, 0.4) is 0 Å². The van der Waals surface area contributed by atoms with Crippen molar-refractivity contribution < 1.29 is 9.72 Å². The number of nitro groups is 1. The van der Waals surface area contributed by atoms with E-state index in [1.54, 1.807) is 24.3 Å². The van der Waals surface area contributed by atoms with Gasteiger partial charge in [0.1, 0.15) is 5.69 Å². The number of halogens is 1. The van der Waals surface area contributed by atoms with Crippen molar-refractivity contribution in [3.8, 4) is 0 Å². The number of benzene rings is 2. The molecule has 2 aromatic carbocycles. The molecule has 0 bridgehead atoms. The maximum atomic E-state index is 12.2. The molecule has 1 heterocycles. The van der Waals surface area contributed by atoms with E-state index in [1.807, 2.05) is 12.1 Å². The second kappa shape index (κ2) is 6.18. The summed E-state index contributed by atoms with van der Waals surface area (Å²) in [5.74, 6) is -0.282. The largest absolute Gasteiger partial charge is 0.295 e. The molecule has 0 aromatic heterocycles. The Bertz CT molecular complexity index is 820. The van der Waals surface area contributed by atoms with E-state index in [0.717, 1.165) is 10.6 Å². The molecule has 23 heavy (non-hydrogen) atoms. The van der Waals surface area contributed by atoms with Gasteiger partial charge in [0.15, 0.2) is 0 Å². The fourth-order valence-electron chi connectivity index (χ4n) is 2.43. The fraction of sp³-hybridized carbons (Fsp3) is 0.125. The molecule has 6 nitrogen and oxygen atoms in total. The summed E-state index contributed by atoms with van der Waals surface area (Å²) in [7, 11) is 0. The van der Waals surface area contributed by atoms with Crippen molar-refractivity contribution in [2.75, 3.05) is 5.01 Å². The molecule has 1 aliphatic heterocycles. The predicted octanol–water partition coefficient (Wildman–Crippen LogP) is 3.78. The first-order chi connectivity index (χ1) is 11.1. The zero-order valence-electron chi connectivity index (χ0n) is 12.0. The lowest BCUT2D eigenvalue weighted by molar-refractivity contribution is -0.384. The van der Waals surface area contributed by atoms with Crippen LogP contribution in [0.2, 0.25) is 5.02 Å². The number of nitrogens with zero attached hydrogens (tertiary/aromatic N) is 3. The van der Waals surface area contributed by atoms with E-state index in [9.17, 15) is 14.9 Å². The second-order valence-electron chi connectivity index (χ2n) is 4.98. The molecule has 0 radical (unpaired) electrons. The summed E-state index contributed by atoms with van der Waals surface area (Å²) in [6.45, 7) is 0. The number of hydrogen-bond donors (Lipinski definition) is 0. The van der Waals surface area contributed by atoms with Gasteiger partial charge in [-0.1, -0.05) is 41.9 Å². The SMILES string of the molecule is O=C1CCC(c2ccccc2Cl)=NN1c1ccccc1[N+](=O)[O-]. The number of anilines is 1. The first-order valence-electron chi connectivity index (χ1n) is 6.96. The molecule has 0 aliphatic carbocycles. The van der Waals surface area contributed by atoms with Crippen LogP contribution in [0.4, 0.5) is 11.4 Å². The number of para-hydroxylation sites is 2. The minimum atomic E-state index is -0.526. The molecule has 1 amide bonds. The van der Waals surface area contributed by atoms with Gasteiger partial charge in [0.25, 0.3) is 5.69 Å². The molecule has 0 unspecified atom stereocenters. The average molecular weight is 330 g/mol. The Balaban J connectivity index is 2.09. The minimum absolute atomic E-state index is 0.159. The topological polar surface area (TPSA) is 75.8 Å². The van der Waals surface area contributed by atoms with E-state index in [0.29, 0.717) is 17.2 Å². The third-order valence-electron chi connectivity index (χ3n) is 3.52. The van der Waals surface area contributed by atoms with Crippen LogP contribution >= 0.6 is 11.6 Å². The summed E-state index contributed by atoms with van der Waals surface area (Å²) in [6, 6.07) is 13.2. The number of hydrogen-bond acceptors (Lipinski definition) is 4. The first-order valence-corrected chi connectivity index (χ1v) is 7.34. The van der Waals surface area contributed by atoms with Crippen molar-refractivity contribution in [3.63, 3.8) is 0 Å². The molecular formula is C16H12ClN3O3.